The number of sulfonamides is 1. The van der Waals surface area contributed by atoms with Gasteiger partial charge in [-0.25, -0.2) is 8.42 Å². The second kappa shape index (κ2) is 9.17. The van der Waals surface area contributed by atoms with Gasteiger partial charge < -0.3 is 4.90 Å². The maximum atomic E-state index is 12.5. The Morgan fingerprint density at radius 2 is 1.82 bits per heavy atom. The Kier molecular flexibility index (Phi) is 7.92. The van der Waals surface area contributed by atoms with Crippen LogP contribution in [0.4, 0.5) is 0 Å². The summed E-state index contributed by atoms with van der Waals surface area (Å²) in [4.78, 5) is 14.3. The fourth-order valence-corrected chi connectivity index (χ4v) is 3.80. The molecule has 1 rings (SSSR count). The van der Waals surface area contributed by atoms with Crippen molar-refractivity contribution >= 4 is 27.7 Å². The molecule has 1 N–H and O–H groups in total. The molecule has 0 radical (unpaired) electrons. The predicted molar refractivity (Wildman–Crippen MR) is 91.5 cm³/mol. The van der Waals surface area contributed by atoms with Gasteiger partial charge in [-0.15, -0.1) is 0 Å². The lowest BCUT2D eigenvalue weighted by Gasteiger charge is -2.25. The molecule has 0 fully saturated rings. The van der Waals surface area contributed by atoms with E-state index in [0.717, 1.165) is 5.75 Å². The second-order valence-corrected chi connectivity index (χ2v) is 7.48. The third-order valence-electron chi connectivity index (χ3n) is 3.33. The van der Waals surface area contributed by atoms with Crippen molar-refractivity contribution in [1.82, 2.24) is 9.62 Å². The summed E-state index contributed by atoms with van der Waals surface area (Å²) in [6.07, 6.45) is 2.41. The largest absolute Gasteiger partial charge is 0.342 e. The van der Waals surface area contributed by atoms with E-state index in [1.165, 1.54) is 12.1 Å². The van der Waals surface area contributed by atoms with Crippen LogP contribution in [0.1, 0.15) is 20.3 Å². The monoisotopic (exact) mass is 344 g/mol. The number of amides is 1. The van der Waals surface area contributed by atoms with Gasteiger partial charge in [0.2, 0.25) is 15.9 Å². The number of benzene rings is 1. The van der Waals surface area contributed by atoms with Gasteiger partial charge >= 0.3 is 0 Å². The molecule has 0 aliphatic heterocycles. The summed E-state index contributed by atoms with van der Waals surface area (Å²) in [6, 6.07) is 7.41. The Balaban J connectivity index is 2.96. The molecule has 0 aromatic heterocycles. The summed E-state index contributed by atoms with van der Waals surface area (Å²) in [5.41, 5.74) is 0. The van der Waals surface area contributed by atoms with E-state index < -0.39 is 16.1 Å². The number of likely N-dealkylation sites (N-methyl/N-ethyl adjacent to an activating group) is 1. The molecule has 1 atom stereocenters. The van der Waals surface area contributed by atoms with Gasteiger partial charge in [0.1, 0.15) is 6.04 Å². The first-order chi connectivity index (χ1) is 10.5. The van der Waals surface area contributed by atoms with Crippen LogP contribution in [0.3, 0.4) is 0 Å². The van der Waals surface area contributed by atoms with Crippen molar-refractivity contribution in [3.05, 3.63) is 30.3 Å². The SMILES string of the molecule is CCN(CC)C(=O)C(CCSC)NS(=O)(=O)c1ccccc1. The Hall–Kier alpha value is -1.05. The quantitative estimate of drug-likeness (QED) is 0.744. The highest BCUT2D eigenvalue weighted by Crippen LogP contribution is 2.12. The van der Waals surface area contributed by atoms with E-state index in [-0.39, 0.29) is 10.8 Å². The lowest BCUT2D eigenvalue weighted by Crippen LogP contribution is -2.48. The van der Waals surface area contributed by atoms with Crippen LogP contribution in [0.2, 0.25) is 0 Å². The van der Waals surface area contributed by atoms with Crippen LogP contribution < -0.4 is 4.72 Å². The fourth-order valence-electron chi connectivity index (χ4n) is 2.08. The van der Waals surface area contributed by atoms with E-state index in [0.29, 0.717) is 19.5 Å². The summed E-state index contributed by atoms with van der Waals surface area (Å²) in [5.74, 6) is 0.549. The standard InChI is InChI=1S/C15H24N2O3S2/c1-4-17(5-2)15(18)14(11-12-21-3)16-22(19,20)13-9-7-6-8-10-13/h6-10,14,16H,4-5,11-12H2,1-3H3. The van der Waals surface area contributed by atoms with Crippen LogP contribution in [0, 0.1) is 0 Å². The Bertz CT molecular complexity index is 557. The first-order valence-electron chi connectivity index (χ1n) is 7.31. The maximum absolute atomic E-state index is 12.5. The number of nitrogens with one attached hydrogen (secondary N) is 1. The Morgan fingerprint density at radius 3 is 2.32 bits per heavy atom. The molecule has 0 spiro atoms. The highest BCUT2D eigenvalue weighted by atomic mass is 32.2. The van der Waals surface area contributed by atoms with Gasteiger partial charge in [0.25, 0.3) is 0 Å². The molecule has 22 heavy (non-hydrogen) atoms. The van der Waals surface area contributed by atoms with E-state index in [4.69, 9.17) is 0 Å². The molecular weight excluding hydrogens is 320 g/mol. The number of thioether (sulfide) groups is 1. The molecule has 1 aromatic carbocycles. The van der Waals surface area contributed by atoms with Crippen molar-refractivity contribution in [1.29, 1.82) is 0 Å². The molecule has 0 aliphatic rings. The van der Waals surface area contributed by atoms with E-state index >= 15 is 0 Å². The topological polar surface area (TPSA) is 66.5 Å². The third-order valence-corrected chi connectivity index (χ3v) is 5.47. The van der Waals surface area contributed by atoms with E-state index in [9.17, 15) is 13.2 Å². The van der Waals surface area contributed by atoms with E-state index in [1.54, 1.807) is 34.9 Å². The smallest absolute Gasteiger partial charge is 0.241 e. The van der Waals surface area contributed by atoms with Crippen molar-refractivity contribution in [3.63, 3.8) is 0 Å². The molecule has 0 bridgehead atoms. The summed E-state index contributed by atoms with van der Waals surface area (Å²) in [6.45, 7) is 4.91. The van der Waals surface area contributed by atoms with Crippen molar-refractivity contribution < 1.29 is 13.2 Å². The van der Waals surface area contributed by atoms with Gasteiger partial charge in [-0.3, -0.25) is 4.79 Å². The molecule has 0 saturated heterocycles. The predicted octanol–water partition coefficient (Wildman–Crippen LogP) is 1.95. The maximum Gasteiger partial charge on any atom is 0.241 e. The number of hydrogen-bond acceptors (Lipinski definition) is 4. The van der Waals surface area contributed by atoms with Gasteiger partial charge in [0, 0.05) is 13.1 Å². The van der Waals surface area contributed by atoms with Crippen LogP contribution in [-0.2, 0) is 14.8 Å². The minimum atomic E-state index is -3.69. The Morgan fingerprint density at radius 1 is 1.23 bits per heavy atom. The first-order valence-corrected chi connectivity index (χ1v) is 10.2. The number of rotatable bonds is 9. The average molecular weight is 345 g/mol. The van der Waals surface area contributed by atoms with Gasteiger partial charge in [0.15, 0.2) is 0 Å². The van der Waals surface area contributed by atoms with Crippen molar-refractivity contribution in [2.75, 3.05) is 25.1 Å². The molecule has 0 heterocycles. The molecule has 124 valence electrons. The molecule has 5 nitrogen and oxygen atoms in total. The van der Waals surface area contributed by atoms with Gasteiger partial charge in [-0.2, -0.15) is 16.5 Å². The lowest BCUT2D eigenvalue weighted by atomic mass is 10.2. The highest BCUT2D eigenvalue weighted by molar-refractivity contribution is 7.98. The summed E-state index contributed by atoms with van der Waals surface area (Å²) < 4.78 is 27.4. The Labute approximate surface area is 137 Å². The zero-order chi connectivity index (χ0) is 16.6. The van der Waals surface area contributed by atoms with Gasteiger partial charge in [0.05, 0.1) is 4.90 Å². The van der Waals surface area contributed by atoms with Gasteiger partial charge in [-0.05, 0) is 44.4 Å². The molecule has 1 aromatic rings. The normalized spacial score (nSPS) is 12.9. The number of carbonyl (C=O) groups is 1. The molecule has 7 heteroatoms. The third kappa shape index (κ3) is 5.30. The van der Waals surface area contributed by atoms with Gasteiger partial charge in [-0.1, -0.05) is 18.2 Å². The first kappa shape index (κ1) is 19.0. The fraction of sp³-hybridized carbons (Fsp3) is 0.533. The van der Waals surface area contributed by atoms with Crippen LogP contribution >= 0.6 is 11.8 Å². The highest BCUT2D eigenvalue weighted by Gasteiger charge is 2.27. The second-order valence-electron chi connectivity index (χ2n) is 4.78. The summed E-state index contributed by atoms with van der Waals surface area (Å²) in [5, 5.41) is 0. The average Bonchev–Trinajstić information content (AvgIpc) is 2.53. The van der Waals surface area contributed by atoms with Crippen molar-refractivity contribution in [2.24, 2.45) is 0 Å². The molecule has 0 saturated carbocycles. The molecule has 1 amide bonds. The zero-order valence-electron chi connectivity index (χ0n) is 13.3. The number of hydrogen-bond donors (Lipinski definition) is 1. The zero-order valence-corrected chi connectivity index (χ0v) is 14.9. The van der Waals surface area contributed by atoms with E-state index in [2.05, 4.69) is 4.72 Å². The summed E-state index contributed by atoms with van der Waals surface area (Å²) in [7, 11) is -3.69. The number of nitrogens with zero attached hydrogens (tertiary/aromatic N) is 1. The van der Waals surface area contributed by atoms with Crippen LogP contribution in [0.15, 0.2) is 35.2 Å². The molecule has 0 aliphatic carbocycles. The lowest BCUT2D eigenvalue weighted by molar-refractivity contribution is -0.132. The van der Waals surface area contributed by atoms with E-state index in [1.807, 2.05) is 20.1 Å². The van der Waals surface area contributed by atoms with Crippen molar-refractivity contribution in [3.8, 4) is 0 Å². The van der Waals surface area contributed by atoms with Crippen LogP contribution in [0.5, 0.6) is 0 Å². The molecular formula is C15H24N2O3S2. The van der Waals surface area contributed by atoms with Crippen molar-refractivity contribution in [2.45, 2.75) is 31.2 Å². The summed E-state index contributed by atoms with van der Waals surface area (Å²) >= 11 is 1.59. The molecule has 1 unspecified atom stereocenters. The minimum absolute atomic E-state index is 0.168. The minimum Gasteiger partial charge on any atom is -0.342 e. The number of carbonyl (C=O) groups excluding carboxylic acids is 1. The van der Waals surface area contributed by atoms with Crippen LogP contribution in [-0.4, -0.2) is 50.4 Å². The van der Waals surface area contributed by atoms with Crippen LogP contribution in [0.25, 0.3) is 0 Å².